The predicted molar refractivity (Wildman–Crippen MR) is 127 cm³/mol. The molecule has 0 bridgehead atoms. The molecule has 1 saturated carbocycles. The number of nitrogens with one attached hydrogen (secondary N) is 1. The van der Waals surface area contributed by atoms with E-state index in [9.17, 15) is 44.7 Å². The number of fused-ring (bicyclic) bond motifs is 3. The predicted octanol–water partition coefficient (Wildman–Crippen LogP) is 0.989. The van der Waals surface area contributed by atoms with Gasteiger partial charge in [-0.25, -0.2) is 4.79 Å². The zero-order valence-electron chi connectivity index (χ0n) is 20.4. The summed E-state index contributed by atoms with van der Waals surface area (Å²) in [5, 5.41) is 57.2. The standard InChI is InChI=1S/C25H28N2O10/c1-24(2,3)8-37-23(35)27-12-5-4-9-6-10-15(19(31)14(9)18(12)30)20(32)25(36)11(17(10)29)7-13(28)16(21(25)33)22(26)34/h4-5,10-11,17,29-31,33,36H,6-8H2,1-3H3,(H2,26,34)(H,27,35)/t10-,11-,17+,25+/m1/s1. The number of Topliss-reactive ketones (excluding diaryl/α,β-unsaturated/α-hetero) is 2. The van der Waals surface area contributed by atoms with Gasteiger partial charge in [-0.2, -0.15) is 0 Å². The summed E-state index contributed by atoms with van der Waals surface area (Å²) in [7, 11) is 0. The van der Waals surface area contributed by atoms with Crippen LogP contribution in [0.4, 0.5) is 10.5 Å². The largest absolute Gasteiger partial charge is 0.508 e. The molecular weight excluding hydrogens is 488 g/mol. The lowest BCUT2D eigenvalue weighted by Crippen LogP contribution is -2.63. The van der Waals surface area contributed by atoms with Crippen LogP contribution in [-0.2, 0) is 25.5 Å². The van der Waals surface area contributed by atoms with Crippen LogP contribution in [0.15, 0.2) is 29.0 Å². The second-order valence-electron chi connectivity index (χ2n) is 10.7. The Balaban J connectivity index is 1.78. The Morgan fingerprint density at radius 2 is 1.81 bits per heavy atom. The number of nitrogens with two attached hydrogens (primary N) is 1. The normalized spacial score (nSPS) is 27.3. The molecule has 2 amide bonds. The van der Waals surface area contributed by atoms with Gasteiger partial charge in [-0.15, -0.1) is 0 Å². The fourth-order valence-corrected chi connectivity index (χ4v) is 5.14. The van der Waals surface area contributed by atoms with E-state index in [0.29, 0.717) is 5.56 Å². The number of primary amides is 1. The molecule has 0 aliphatic heterocycles. The average molecular weight is 517 g/mol. The summed E-state index contributed by atoms with van der Waals surface area (Å²) in [5.41, 5.74) is 0.414. The molecular formula is C25H28N2O10. The Bertz CT molecular complexity index is 1310. The zero-order chi connectivity index (χ0) is 27.6. The van der Waals surface area contributed by atoms with Gasteiger partial charge in [0.05, 0.1) is 24.0 Å². The lowest BCUT2D eigenvalue weighted by Gasteiger charge is -2.48. The second kappa shape index (κ2) is 8.60. The summed E-state index contributed by atoms with van der Waals surface area (Å²) < 4.78 is 5.12. The number of amides is 2. The number of phenolic OH excluding ortho intramolecular Hbond substituents is 1. The van der Waals surface area contributed by atoms with Gasteiger partial charge >= 0.3 is 6.09 Å². The summed E-state index contributed by atoms with van der Waals surface area (Å²) in [4.78, 5) is 49.8. The van der Waals surface area contributed by atoms with Crippen molar-refractivity contribution in [2.24, 2.45) is 23.0 Å². The third kappa shape index (κ3) is 4.02. The number of aliphatic hydroxyl groups is 4. The third-order valence-corrected chi connectivity index (χ3v) is 6.92. The van der Waals surface area contributed by atoms with Crippen LogP contribution in [0.1, 0.15) is 38.3 Å². The molecule has 1 aromatic rings. The molecule has 12 heteroatoms. The van der Waals surface area contributed by atoms with Crippen LogP contribution in [0.2, 0.25) is 0 Å². The summed E-state index contributed by atoms with van der Waals surface area (Å²) >= 11 is 0. The minimum Gasteiger partial charge on any atom is -0.508 e. The summed E-state index contributed by atoms with van der Waals surface area (Å²) in [6.45, 7) is 5.65. The number of rotatable bonds is 3. The zero-order valence-corrected chi connectivity index (χ0v) is 20.4. The first-order valence-electron chi connectivity index (χ1n) is 11.5. The molecule has 3 aliphatic rings. The SMILES string of the molecule is CC(C)(C)COC(=O)Nc1ccc2c(c1O)C(O)=C1C(=O)[C@]3(O)C(O)=C(C(N)=O)C(=O)C[C@@H]3[C@@H](O)[C@@H]1C2. The van der Waals surface area contributed by atoms with Crippen molar-refractivity contribution in [3.05, 3.63) is 40.2 Å². The molecule has 1 aromatic carbocycles. The number of phenols is 1. The highest BCUT2D eigenvalue weighted by atomic mass is 16.5. The minimum atomic E-state index is -2.91. The number of benzene rings is 1. The van der Waals surface area contributed by atoms with E-state index in [1.807, 2.05) is 20.8 Å². The molecule has 0 unspecified atom stereocenters. The first kappa shape index (κ1) is 26.2. The van der Waals surface area contributed by atoms with Gasteiger partial charge in [-0.1, -0.05) is 26.8 Å². The molecule has 3 aliphatic carbocycles. The van der Waals surface area contributed by atoms with E-state index in [-0.39, 0.29) is 29.7 Å². The van der Waals surface area contributed by atoms with Gasteiger partial charge in [-0.3, -0.25) is 19.7 Å². The number of hydrogen-bond donors (Lipinski definition) is 7. The molecule has 0 aromatic heterocycles. The minimum absolute atomic E-state index is 0.0838. The lowest BCUT2D eigenvalue weighted by atomic mass is 9.58. The smallest absolute Gasteiger partial charge is 0.411 e. The highest BCUT2D eigenvalue weighted by molar-refractivity contribution is 6.23. The van der Waals surface area contributed by atoms with Gasteiger partial charge in [-0.05, 0) is 23.5 Å². The quantitative estimate of drug-likeness (QED) is 0.223. The average Bonchev–Trinajstić information content (AvgIpc) is 2.79. The molecule has 0 saturated heterocycles. The van der Waals surface area contributed by atoms with Crippen molar-refractivity contribution in [2.75, 3.05) is 11.9 Å². The van der Waals surface area contributed by atoms with Gasteiger partial charge in [0.15, 0.2) is 11.4 Å². The monoisotopic (exact) mass is 516 g/mol. The summed E-state index contributed by atoms with van der Waals surface area (Å²) in [5.74, 6) is -8.85. The van der Waals surface area contributed by atoms with E-state index in [0.717, 1.165) is 0 Å². The number of ether oxygens (including phenoxy) is 1. The van der Waals surface area contributed by atoms with Crippen LogP contribution in [0.5, 0.6) is 5.75 Å². The second-order valence-corrected chi connectivity index (χ2v) is 10.7. The molecule has 0 radical (unpaired) electrons. The Morgan fingerprint density at radius 1 is 1.16 bits per heavy atom. The molecule has 4 atom stereocenters. The van der Waals surface area contributed by atoms with Crippen LogP contribution < -0.4 is 11.1 Å². The van der Waals surface area contributed by atoms with E-state index in [4.69, 9.17) is 10.5 Å². The number of ketones is 2. The first-order chi connectivity index (χ1) is 17.1. The van der Waals surface area contributed by atoms with Crippen molar-refractivity contribution in [3.8, 4) is 5.75 Å². The fraction of sp³-hybridized carbons (Fsp3) is 0.440. The van der Waals surface area contributed by atoms with Crippen molar-refractivity contribution in [2.45, 2.75) is 45.3 Å². The Labute approximate surface area is 211 Å². The number of carbonyl (C=O) groups is 4. The van der Waals surface area contributed by atoms with Gasteiger partial charge in [0.25, 0.3) is 5.91 Å². The van der Waals surface area contributed by atoms with Crippen molar-refractivity contribution < 1.29 is 49.4 Å². The van der Waals surface area contributed by atoms with Crippen LogP contribution in [0, 0.1) is 17.3 Å². The van der Waals surface area contributed by atoms with Crippen molar-refractivity contribution >= 4 is 35.0 Å². The van der Waals surface area contributed by atoms with Crippen molar-refractivity contribution in [1.29, 1.82) is 0 Å². The van der Waals surface area contributed by atoms with E-state index < -0.39 is 81.9 Å². The maximum Gasteiger partial charge on any atom is 0.411 e. The molecule has 0 spiro atoms. The number of carbonyl (C=O) groups excluding carboxylic acids is 4. The van der Waals surface area contributed by atoms with Gasteiger partial charge in [0.1, 0.15) is 22.8 Å². The third-order valence-electron chi connectivity index (χ3n) is 6.92. The molecule has 12 nitrogen and oxygen atoms in total. The Morgan fingerprint density at radius 3 is 2.41 bits per heavy atom. The van der Waals surface area contributed by atoms with E-state index >= 15 is 0 Å². The lowest BCUT2D eigenvalue weighted by molar-refractivity contribution is -0.159. The Kier molecular flexibility index (Phi) is 6.08. The fourth-order valence-electron chi connectivity index (χ4n) is 5.14. The van der Waals surface area contributed by atoms with Crippen LogP contribution >= 0.6 is 0 Å². The topological polar surface area (TPSA) is 217 Å². The molecule has 8 N–H and O–H groups in total. The van der Waals surface area contributed by atoms with Crippen molar-refractivity contribution in [3.63, 3.8) is 0 Å². The Hall–Kier alpha value is -3.90. The number of anilines is 1. The maximum absolute atomic E-state index is 13.5. The van der Waals surface area contributed by atoms with Gasteiger partial charge in [0, 0.05) is 23.8 Å². The molecule has 0 heterocycles. The number of aliphatic hydroxyl groups excluding tert-OH is 3. The number of hydrogen-bond acceptors (Lipinski definition) is 10. The number of aromatic hydroxyl groups is 1. The van der Waals surface area contributed by atoms with E-state index in [1.165, 1.54) is 12.1 Å². The van der Waals surface area contributed by atoms with Crippen LogP contribution in [0.3, 0.4) is 0 Å². The molecule has 198 valence electrons. The highest BCUT2D eigenvalue weighted by Gasteiger charge is 2.63. The van der Waals surface area contributed by atoms with Crippen LogP contribution in [-0.4, -0.2) is 67.4 Å². The molecule has 4 rings (SSSR count). The summed E-state index contributed by atoms with van der Waals surface area (Å²) in [6, 6.07) is 2.82. The first-order valence-corrected chi connectivity index (χ1v) is 11.5. The molecule has 37 heavy (non-hydrogen) atoms. The molecule has 1 fully saturated rings. The van der Waals surface area contributed by atoms with E-state index in [2.05, 4.69) is 5.32 Å². The van der Waals surface area contributed by atoms with Gasteiger partial charge in [0.2, 0.25) is 5.78 Å². The maximum atomic E-state index is 13.5. The summed E-state index contributed by atoms with van der Waals surface area (Å²) in [6.07, 6.45) is -3.19. The van der Waals surface area contributed by atoms with Gasteiger partial charge < -0.3 is 36.0 Å². The van der Waals surface area contributed by atoms with E-state index in [1.54, 1.807) is 0 Å². The van der Waals surface area contributed by atoms with Crippen LogP contribution in [0.25, 0.3) is 5.76 Å². The van der Waals surface area contributed by atoms with Crippen molar-refractivity contribution in [1.82, 2.24) is 0 Å². The highest BCUT2D eigenvalue weighted by Crippen LogP contribution is 2.52.